The molecule has 0 bridgehead atoms. The van der Waals surface area contributed by atoms with E-state index in [4.69, 9.17) is 0 Å². The van der Waals surface area contributed by atoms with Crippen molar-refractivity contribution in [3.8, 4) is 5.75 Å². The highest BCUT2D eigenvalue weighted by Gasteiger charge is 2.16. The third kappa shape index (κ3) is 3.75. The fourth-order valence-electron chi connectivity index (χ4n) is 1.76. The summed E-state index contributed by atoms with van der Waals surface area (Å²) >= 11 is 0. The van der Waals surface area contributed by atoms with Crippen molar-refractivity contribution in [2.75, 3.05) is 5.32 Å². The van der Waals surface area contributed by atoms with Crippen LogP contribution in [-0.2, 0) is 0 Å². The molecule has 0 fully saturated rings. The van der Waals surface area contributed by atoms with Gasteiger partial charge in [-0.25, -0.2) is 4.39 Å². The molecule has 21 heavy (non-hydrogen) atoms. The first kappa shape index (κ1) is 14.9. The Morgan fingerprint density at radius 1 is 1.19 bits per heavy atom. The molecule has 0 unspecified atom stereocenters. The normalized spacial score (nSPS) is 10.5. The van der Waals surface area contributed by atoms with Gasteiger partial charge in [0.1, 0.15) is 11.6 Å². The summed E-state index contributed by atoms with van der Waals surface area (Å²) in [5, 5.41) is 2.33. The van der Waals surface area contributed by atoms with Crippen molar-refractivity contribution in [1.29, 1.82) is 0 Å². The summed E-state index contributed by atoms with van der Waals surface area (Å²) in [7, 11) is 0. The van der Waals surface area contributed by atoms with Gasteiger partial charge in [0.05, 0.1) is 11.3 Å². The van der Waals surface area contributed by atoms with E-state index in [9.17, 15) is 18.0 Å². The van der Waals surface area contributed by atoms with E-state index in [1.165, 1.54) is 36.4 Å². The van der Waals surface area contributed by atoms with Crippen LogP contribution in [0.15, 0.2) is 42.5 Å². The highest BCUT2D eigenvalue weighted by atomic mass is 19.3. The number of nitrogens with one attached hydrogen (secondary N) is 1. The molecule has 0 aromatic heterocycles. The number of alkyl halides is 2. The lowest BCUT2D eigenvalue weighted by Gasteiger charge is -2.11. The van der Waals surface area contributed by atoms with E-state index in [0.717, 1.165) is 0 Å². The molecule has 0 saturated heterocycles. The van der Waals surface area contributed by atoms with Crippen molar-refractivity contribution in [2.24, 2.45) is 0 Å². The number of halogens is 3. The number of hydrogen-bond donors (Lipinski definition) is 1. The Morgan fingerprint density at radius 2 is 1.90 bits per heavy atom. The molecule has 0 atom stereocenters. The van der Waals surface area contributed by atoms with Gasteiger partial charge in [0, 0.05) is 0 Å². The van der Waals surface area contributed by atoms with Gasteiger partial charge in [-0.15, -0.1) is 0 Å². The van der Waals surface area contributed by atoms with E-state index in [1.807, 2.05) is 0 Å². The minimum absolute atomic E-state index is 0.0301. The standard InChI is InChI=1S/C15H12F3NO2/c1-9-6-7-12(11(16)8-9)19-14(20)10-4-2-3-5-13(10)21-15(17)18/h2-8,15H,1H3,(H,19,20). The number of carbonyl (C=O) groups is 1. The Morgan fingerprint density at radius 3 is 2.57 bits per heavy atom. The maximum Gasteiger partial charge on any atom is 0.387 e. The fourth-order valence-corrected chi connectivity index (χ4v) is 1.76. The highest BCUT2D eigenvalue weighted by molar-refractivity contribution is 6.06. The topological polar surface area (TPSA) is 38.3 Å². The number of rotatable bonds is 4. The third-order valence-corrected chi connectivity index (χ3v) is 2.72. The van der Waals surface area contributed by atoms with Crippen LogP contribution in [0.2, 0.25) is 0 Å². The molecular formula is C15H12F3NO2. The zero-order valence-electron chi connectivity index (χ0n) is 11.1. The summed E-state index contributed by atoms with van der Waals surface area (Å²) in [5.41, 5.74) is 0.571. The third-order valence-electron chi connectivity index (χ3n) is 2.72. The zero-order valence-corrected chi connectivity index (χ0v) is 11.1. The van der Waals surface area contributed by atoms with Gasteiger partial charge in [0.25, 0.3) is 5.91 Å². The van der Waals surface area contributed by atoms with E-state index in [1.54, 1.807) is 13.0 Å². The van der Waals surface area contributed by atoms with E-state index in [0.29, 0.717) is 5.56 Å². The second-order valence-corrected chi connectivity index (χ2v) is 4.31. The minimum atomic E-state index is -3.05. The summed E-state index contributed by atoms with van der Waals surface area (Å²) in [6.07, 6.45) is 0. The van der Waals surface area contributed by atoms with E-state index >= 15 is 0 Å². The summed E-state index contributed by atoms with van der Waals surface area (Å²) in [6.45, 7) is -1.34. The number of aryl methyl sites for hydroxylation is 1. The molecule has 3 nitrogen and oxygen atoms in total. The van der Waals surface area contributed by atoms with Gasteiger partial charge in [-0.1, -0.05) is 18.2 Å². The molecule has 0 aliphatic rings. The van der Waals surface area contributed by atoms with Gasteiger partial charge in [-0.05, 0) is 36.8 Å². The van der Waals surface area contributed by atoms with E-state index in [-0.39, 0.29) is 17.0 Å². The van der Waals surface area contributed by atoms with Crippen LogP contribution in [0, 0.1) is 12.7 Å². The Hall–Kier alpha value is -2.50. The lowest BCUT2D eigenvalue weighted by molar-refractivity contribution is -0.0501. The van der Waals surface area contributed by atoms with Crippen LogP contribution < -0.4 is 10.1 Å². The van der Waals surface area contributed by atoms with Crippen LogP contribution in [-0.4, -0.2) is 12.5 Å². The number of benzene rings is 2. The number of amides is 1. The maximum absolute atomic E-state index is 13.7. The van der Waals surface area contributed by atoms with Gasteiger partial charge >= 0.3 is 6.61 Å². The number of hydrogen-bond acceptors (Lipinski definition) is 2. The van der Waals surface area contributed by atoms with Crippen molar-refractivity contribution in [3.63, 3.8) is 0 Å². The molecule has 1 N–H and O–H groups in total. The van der Waals surface area contributed by atoms with Crippen molar-refractivity contribution < 1.29 is 22.7 Å². The molecule has 6 heteroatoms. The fraction of sp³-hybridized carbons (Fsp3) is 0.133. The summed E-state index contributed by atoms with van der Waals surface area (Å²) in [6, 6.07) is 9.81. The molecule has 0 aliphatic carbocycles. The second kappa shape index (κ2) is 6.30. The van der Waals surface area contributed by atoms with Crippen molar-refractivity contribution in [2.45, 2.75) is 13.5 Å². The Kier molecular flexibility index (Phi) is 4.47. The summed E-state index contributed by atoms with van der Waals surface area (Å²) < 4.78 is 42.5. The van der Waals surface area contributed by atoms with Crippen LogP contribution in [0.1, 0.15) is 15.9 Å². The molecule has 2 aromatic rings. The Labute approximate surface area is 119 Å². The predicted molar refractivity (Wildman–Crippen MR) is 72.2 cm³/mol. The molecule has 0 saturated carbocycles. The quantitative estimate of drug-likeness (QED) is 0.926. The Bertz CT molecular complexity index is 659. The molecule has 2 aromatic carbocycles. The number of anilines is 1. The SMILES string of the molecule is Cc1ccc(NC(=O)c2ccccc2OC(F)F)c(F)c1. The van der Waals surface area contributed by atoms with Crippen molar-refractivity contribution >= 4 is 11.6 Å². The zero-order chi connectivity index (χ0) is 15.4. The van der Waals surface area contributed by atoms with Crippen LogP contribution >= 0.6 is 0 Å². The number of ether oxygens (including phenoxy) is 1. The second-order valence-electron chi connectivity index (χ2n) is 4.31. The molecule has 2 rings (SSSR count). The predicted octanol–water partition coefficient (Wildman–Crippen LogP) is 3.99. The summed E-state index contributed by atoms with van der Waals surface area (Å²) in [5.74, 6) is -1.60. The van der Waals surface area contributed by atoms with Gasteiger partial charge in [-0.2, -0.15) is 8.78 Å². The molecule has 0 aliphatic heterocycles. The maximum atomic E-state index is 13.7. The van der Waals surface area contributed by atoms with Crippen molar-refractivity contribution in [1.82, 2.24) is 0 Å². The summed E-state index contributed by atoms with van der Waals surface area (Å²) in [4.78, 5) is 12.1. The molecule has 110 valence electrons. The van der Waals surface area contributed by atoms with Crippen LogP contribution in [0.5, 0.6) is 5.75 Å². The molecule has 0 spiro atoms. The number of carbonyl (C=O) groups excluding carboxylic acids is 1. The van der Waals surface area contributed by atoms with Crippen LogP contribution in [0.3, 0.4) is 0 Å². The largest absolute Gasteiger partial charge is 0.434 e. The first-order chi connectivity index (χ1) is 9.97. The van der Waals surface area contributed by atoms with Crippen LogP contribution in [0.25, 0.3) is 0 Å². The Balaban J connectivity index is 2.24. The molecule has 0 radical (unpaired) electrons. The van der Waals surface area contributed by atoms with Gasteiger partial charge in [0.2, 0.25) is 0 Å². The lowest BCUT2D eigenvalue weighted by Crippen LogP contribution is -2.15. The van der Waals surface area contributed by atoms with Gasteiger partial charge < -0.3 is 10.1 Å². The van der Waals surface area contributed by atoms with Gasteiger partial charge in [0.15, 0.2) is 0 Å². The average molecular weight is 295 g/mol. The molecule has 0 heterocycles. The average Bonchev–Trinajstić information content (AvgIpc) is 2.42. The molecular weight excluding hydrogens is 283 g/mol. The first-order valence-corrected chi connectivity index (χ1v) is 6.08. The highest BCUT2D eigenvalue weighted by Crippen LogP contribution is 2.22. The van der Waals surface area contributed by atoms with Gasteiger partial charge in [-0.3, -0.25) is 4.79 Å². The molecule has 1 amide bonds. The smallest absolute Gasteiger partial charge is 0.387 e. The lowest BCUT2D eigenvalue weighted by atomic mass is 10.1. The monoisotopic (exact) mass is 295 g/mol. The van der Waals surface area contributed by atoms with E-state index in [2.05, 4.69) is 10.1 Å². The van der Waals surface area contributed by atoms with Crippen molar-refractivity contribution in [3.05, 3.63) is 59.4 Å². The first-order valence-electron chi connectivity index (χ1n) is 6.08. The number of para-hydroxylation sites is 1. The minimum Gasteiger partial charge on any atom is -0.434 e. The van der Waals surface area contributed by atoms with Crippen LogP contribution in [0.4, 0.5) is 18.9 Å². The van der Waals surface area contributed by atoms with E-state index < -0.39 is 18.3 Å².